The summed E-state index contributed by atoms with van der Waals surface area (Å²) in [4.78, 5) is 25.9. The average Bonchev–Trinajstić information content (AvgIpc) is 3.26. The number of hydrogen-bond acceptors (Lipinski definition) is 4. The number of fused-ring (bicyclic) bond motifs is 2. The molecule has 2 fully saturated rings. The maximum atomic E-state index is 12.5. The topological polar surface area (TPSA) is 70.2 Å². The first-order chi connectivity index (χ1) is 13.1. The van der Waals surface area contributed by atoms with Gasteiger partial charge in [-0.25, -0.2) is 0 Å². The van der Waals surface area contributed by atoms with Gasteiger partial charge in [-0.05, 0) is 55.2 Å². The van der Waals surface area contributed by atoms with E-state index in [-0.39, 0.29) is 11.8 Å². The second kappa shape index (κ2) is 7.74. The maximum Gasteiger partial charge on any atom is 0.251 e. The summed E-state index contributed by atoms with van der Waals surface area (Å²) >= 11 is 1.56. The third kappa shape index (κ3) is 4.17. The quantitative estimate of drug-likeness (QED) is 0.743. The van der Waals surface area contributed by atoms with Gasteiger partial charge in [-0.3, -0.25) is 9.59 Å². The van der Waals surface area contributed by atoms with Gasteiger partial charge < -0.3 is 16.0 Å². The van der Waals surface area contributed by atoms with Crippen LogP contribution < -0.4 is 16.0 Å². The summed E-state index contributed by atoms with van der Waals surface area (Å²) < 4.78 is 0. The monoisotopic (exact) mass is 381 g/mol. The van der Waals surface area contributed by atoms with Gasteiger partial charge in [-0.2, -0.15) is 0 Å². The fraction of sp³-hybridized carbons (Fsp3) is 0.333. The van der Waals surface area contributed by atoms with Crippen molar-refractivity contribution >= 4 is 29.3 Å². The van der Waals surface area contributed by atoms with E-state index in [4.69, 9.17) is 0 Å². The molecule has 3 atom stereocenters. The Morgan fingerprint density at radius 1 is 1.07 bits per heavy atom. The molecule has 4 rings (SSSR count). The van der Waals surface area contributed by atoms with Crippen molar-refractivity contribution in [2.75, 3.05) is 11.9 Å². The van der Waals surface area contributed by atoms with Crippen LogP contribution in [0.15, 0.2) is 58.3 Å². The Balaban J connectivity index is 1.40. The predicted molar refractivity (Wildman–Crippen MR) is 107 cm³/mol. The number of nitrogens with one attached hydrogen (secondary N) is 3. The van der Waals surface area contributed by atoms with E-state index in [0.29, 0.717) is 23.6 Å². The van der Waals surface area contributed by atoms with Crippen molar-refractivity contribution in [3.63, 3.8) is 0 Å². The zero-order chi connectivity index (χ0) is 18.8. The van der Waals surface area contributed by atoms with Gasteiger partial charge >= 0.3 is 0 Å². The summed E-state index contributed by atoms with van der Waals surface area (Å²) in [5.74, 6) is 0.479. The fourth-order valence-corrected chi connectivity index (χ4v) is 4.82. The Hall–Kier alpha value is -2.31. The zero-order valence-electron chi connectivity index (χ0n) is 15.2. The van der Waals surface area contributed by atoms with E-state index in [9.17, 15) is 9.59 Å². The van der Waals surface area contributed by atoms with Gasteiger partial charge in [0.1, 0.15) is 0 Å². The Morgan fingerprint density at radius 2 is 1.85 bits per heavy atom. The smallest absolute Gasteiger partial charge is 0.251 e. The van der Waals surface area contributed by atoms with Crippen LogP contribution in [-0.2, 0) is 4.79 Å². The summed E-state index contributed by atoms with van der Waals surface area (Å²) in [6.07, 6.45) is 2.21. The number of amides is 2. The molecule has 3 unspecified atom stereocenters. The van der Waals surface area contributed by atoms with Gasteiger partial charge in [-0.1, -0.05) is 23.9 Å². The first kappa shape index (κ1) is 18.1. The van der Waals surface area contributed by atoms with Crippen LogP contribution in [0.2, 0.25) is 0 Å². The molecule has 1 saturated carbocycles. The minimum absolute atomic E-state index is 0.00254. The van der Waals surface area contributed by atoms with E-state index >= 15 is 0 Å². The highest BCUT2D eigenvalue weighted by molar-refractivity contribution is 7.99. The predicted octanol–water partition coefficient (Wildman–Crippen LogP) is 3.28. The lowest BCUT2D eigenvalue weighted by atomic mass is 10.0. The fourth-order valence-electron chi connectivity index (χ4n) is 3.91. The zero-order valence-corrected chi connectivity index (χ0v) is 16.0. The molecular weight excluding hydrogens is 358 g/mol. The third-order valence-electron chi connectivity index (χ3n) is 5.22. The SMILES string of the molecule is CC(=O)Nc1ccccc1Sc1ccc(C(=O)NC2CC3CC2CN3)cc1. The molecule has 1 aliphatic heterocycles. The van der Waals surface area contributed by atoms with Gasteiger partial charge in [0.05, 0.1) is 5.69 Å². The van der Waals surface area contributed by atoms with Crippen molar-refractivity contribution in [3.05, 3.63) is 54.1 Å². The van der Waals surface area contributed by atoms with Crippen LogP contribution in [0.5, 0.6) is 0 Å². The Labute approximate surface area is 163 Å². The number of para-hydroxylation sites is 1. The first-order valence-corrected chi connectivity index (χ1v) is 10.1. The van der Waals surface area contributed by atoms with Gasteiger partial charge in [-0.15, -0.1) is 0 Å². The lowest BCUT2D eigenvalue weighted by Crippen LogP contribution is -2.44. The van der Waals surface area contributed by atoms with E-state index in [1.165, 1.54) is 13.3 Å². The van der Waals surface area contributed by atoms with Crippen LogP contribution in [0, 0.1) is 5.92 Å². The Kier molecular flexibility index (Phi) is 5.18. The molecule has 2 bridgehead atoms. The van der Waals surface area contributed by atoms with E-state index < -0.39 is 0 Å². The number of benzene rings is 2. The molecule has 27 heavy (non-hydrogen) atoms. The van der Waals surface area contributed by atoms with Gasteiger partial charge in [0.2, 0.25) is 5.91 Å². The summed E-state index contributed by atoms with van der Waals surface area (Å²) in [5.41, 5.74) is 1.48. The molecule has 1 aliphatic carbocycles. The number of rotatable bonds is 5. The van der Waals surface area contributed by atoms with Crippen LogP contribution in [0.4, 0.5) is 5.69 Å². The molecule has 1 heterocycles. The van der Waals surface area contributed by atoms with Crippen molar-refractivity contribution in [1.29, 1.82) is 0 Å². The minimum atomic E-state index is -0.0918. The molecule has 2 aromatic rings. The maximum absolute atomic E-state index is 12.5. The standard InChI is InChI=1S/C21H23N3O2S/c1-13(25)23-18-4-2-3-5-20(18)27-17-8-6-14(7-9-17)21(26)24-19-11-16-10-15(19)12-22-16/h2-9,15-16,19,22H,10-12H2,1H3,(H,23,25)(H,24,26). The normalized spacial score (nSPS) is 23.2. The van der Waals surface area contributed by atoms with Crippen molar-refractivity contribution in [2.24, 2.45) is 5.92 Å². The van der Waals surface area contributed by atoms with Crippen LogP contribution >= 0.6 is 11.8 Å². The number of anilines is 1. The van der Waals surface area contributed by atoms with Gasteiger partial charge in [0.25, 0.3) is 5.91 Å². The lowest BCUT2D eigenvalue weighted by molar-refractivity contribution is -0.114. The molecule has 6 heteroatoms. The average molecular weight is 382 g/mol. The Bertz CT molecular complexity index is 853. The van der Waals surface area contributed by atoms with E-state index in [0.717, 1.165) is 28.4 Å². The van der Waals surface area contributed by atoms with E-state index in [1.54, 1.807) is 11.8 Å². The van der Waals surface area contributed by atoms with E-state index in [2.05, 4.69) is 16.0 Å². The highest BCUT2D eigenvalue weighted by Gasteiger charge is 2.40. The van der Waals surface area contributed by atoms with Crippen molar-refractivity contribution in [2.45, 2.75) is 41.6 Å². The molecule has 2 amide bonds. The molecule has 0 spiro atoms. The van der Waals surface area contributed by atoms with Gasteiger partial charge in [0, 0.05) is 40.9 Å². The lowest BCUT2D eigenvalue weighted by Gasteiger charge is -2.23. The molecule has 0 radical (unpaired) electrons. The van der Waals surface area contributed by atoms with Crippen molar-refractivity contribution in [1.82, 2.24) is 10.6 Å². The largest absolute Gasteiger partial charge is 0.349 e. The van der Waals surface area contributed by atoms with Crippen molar-refractivity contribution in [3.8, 4) is 0 Å². The second-order valence-electron chi connectivity index (χ2n) is 7.22. The van der Waals surface area contributed by atoms with E-state index in [1.807, 2.05) is 48.5 Å². The highest BCUT2D eigenvalue weighted by Crippen LogP contribution is 2.34. The van der Waals surface area contributed by atoms with Crippen LogP contribution in [0.25, 0.3) is 0 Å². The minimum Gasteiger partial charge on any atom is -0.349 e. The molecule has 5 nitrogen and oxygen atoms in total. The second-order valence-corrected chi connectivity index (χ2v) is 8.34. The molecule has 2 aromatic carbocycles. The van der Waals surface area contributed by atoms with Crippen molar-refractivity contribution < 1.29 is 9.59 Å². The molecule has 1 saturated heterocycles. The molecular formula is C21H23N3O2S. The molecule has 0 aromatic heterocycles. The summed E-state index contributed by atoms with van der Waals surface area (Å²) in [6, 6.07) is 16.2. The van der Waals surface area contributed by atoms with Crippen LogP contribution in [-0.4, -0.2) is 30.4 Å². The number of hydrogen-bond donors (Lipinski definition) is 3. The summed E-state index contributed by atoms with van der Waals surface area (Å²) in [5, 5.41) is 9.51. The Morgan fingerprint density at radius 3 is 2.52 bits per heavy atom. The van der Waals surface area contributed by atoms with Crippen LogP contribution in [0.1, 0.15) is 30.1 Å². The third-order valence-corrected chi connectivity index (χ3v) is 6.31. The highest BCUT2D eigenvalue weighted by atomic mass is 32.2. The molecule has 140 valence electrons. The molecule has 3 N–H and O–H groups in total. The summed E-state index contributed by atoms with van der Waals surface area (Å²) in [7, 11) is 0. The van der Waals surface area contributed by atoms with Gasteiger partial charge in [0.15, 0.2) is 0 Å². The first-order valence-electron chi connectivity index (χ1n) is 9.27. The number of carbonyl (C=O) groups excluding carboxylic acids is 2. The van der Waals surface area contributed by atoms with Crippen LogP contribution in [0.3, 0.4) is 0 Å². The molecule has 2 aliphatic rings. The summed E-state index contributed by atoms with van der Waals surface area (Å²) in [6.45, 7) is 2.51. The number of carbonyl (C=O) groups is 2. The number of piperidine rings is 1.